The lowest BCUT2D eigenvalue weighted by atomic mass is 10.1. The zero-order chi connectivity index (χ0) is 15.9. The molecule has 1 aromatic carbocycles. The third-order valence-electron chi connectivity index (χ3n) is 3.73. The van der Waals surface area contributed by atoms with E-state index in [1.165, 1.54) is 6.92 Å². The zero-order valence-electron chi connectivity index (χ0n) is 11.7. The fourth-order valence-corrected chi connectivity index (χ4v) is 2.75. The van der Waals surface area contributed by atoms with Gasteiger partial charge in [0.2, 0.25) is 0 Å². The van der Waals surface area contributed by atoms with Crippen LogP contribution in [-0.2, 0) is 19.0 Å². The minimum Gasteiger partial charge on any atom is -0.351 e. The summed E-state index contributed by atoms with van der Waals surface area (Å²) >= 11 is 0. The largest absolute Gasteiger partial charge is 0.453 e. The predicted octanol–water partition coefficient (Wildman–Crippen LogP) is 2.90. The Labute approximate surface area is 124 Å². The van der Waals surface area contributed by atoms with Crippen LogP contribution in [0.5, 0.6) is 0 Å². The van der Waals surface area contributed by atoms with Crippen LogP contribution in [0.4, 0.5) is 13.2 Å². The van der Waals surface area contributed by atoms with Crippen molar-refractivity contribution in [3.63, 3.8) is 0 Å². The first-order valence-corrected chi connectivity index (χ1v) is 6.77. The molecule has 1 aromatic heterocycles. The Morgan fingerprint density at radius 3 is 2.41 bits per heavy atom. The Kier molecular flexibility index (Phi) is 3.42. The maximum atomic E-state index is 12.8. The van der Waals surface area contributed by atoms with Gasteiger partial charge in [0.25, 0.3) is 11.7 Å². The van der Waals surface area contributed by atoms with Crippen molar-refractivity contribution in [3.8, 4) is 0 Å². The van der Waals surface area contributed by atoms with Crippen LogP contribution in [0, 0.1) is 6.92 Å². The van der Waals surface area contributed by atoms with Gasteiger partial charge in [0.1, 0.15) is 5.56 Å². The number of halogens is 3. The van der Waals surface area contributed by atoms with Crippen molar-refractivity contribution in [2.75, 3.05) is 0 Å². The van der Waals surface area contributed by atoms with E-state index >= 15 is 0 Å². The lowest BCUT2D eigenvalue weighted by Gasteiger charge is -2.12. The van der Waals surface area contributed by atoms with Gasteiger partial charge in [-0.05, 0) is 30.9 Å². The topological polar surface area (TPSA) is 55.1 Å². The molecule has 4 nitrogen and oxygen atoms in total. The van der Waals surface area contributed by atoms with Crippen molar-refractivity contribution in [1.29, 1.82) is 0 Å². The minimum absolute atomic E-state index is 0.0691. The summed E-state index contributed by atoms with van der Waals surface area (Å²) in [4.78, 5) is 12.2. The highest BCUT2D eigenvalue weighted by Gasteiger charge is 2.42. The maximum absolute atomic E-state index is 12.8. The molecule has 1 N–H and O–H groups in total. The van der Waals surface area contributed by atoms with E-state index < -0.39 is 23.4 Å². The Bertz CT molecular complexity index is 697. The van der Waals surface area contributed by atoms with Crippen LogP contribution >= 0.6 is 0 Å². The third-order valence-corrected chi connectivity index (χ3v) is 3.73. The molecule has 0 saturated carbocycles. The number of aromatic nitrogens is 1. The number of carbonyl (C=O) groups is 1. The van der Waals surface area contributed by atoms with E-state index in [-0.39, 0.29) is 11.7 Å². The molecule has 2 aromatic rings. The number of hydrogen-bond acceptors (Lipinski definition) is 3. The first-order chi connectivity index (χ1) is 10.4. The second kappa shape index (κ2) is 5.15. The lowest BCUT2D eigenvalue weighted by Crippen LogP contribution is -2.36. The number of aryl methyl sites for hydroxylation is 1. The van der Waals surface area contributed by atoms with Crippen molar-refractivity contribution in [1.82, 2.24) is 10.5 Å². The highest BCUT2D eigenvalue weighted by atomic mass is 19.4. The van der Waals surface area contributed by atoms with Crippen molar-refractivity contribution in [2.24, 2.45) is 0 Å². The van der Waals surface area contributed by atoms with E-state index in [0.29, 0.717) is 12.8 Å². The number of hydrogen-bond donors (Lipinski definition) is 1. The first-order valence-electron chi connectivity index (χ1n) is 6.77. The average molecular weight is 310 g/mol. The van der Waals surface area contributed by atoms with Gasteiger partial charge >= 0.3 is 6.18 Å². The van der Waals surface area contributed by atoms with E-state index in [1.54, 1.807) is 0 Å². The molecule has 22 heavy (non-hydrogen) atoms. The number of alkyl halides is 3. The molecular formula is C15H13F3N2O2. The Balaban J connectivity index is 1.78. The smallest absolute Gasteiger partial charge is 0.351 e. The van der Waals surface area contributed by atoms with E-state index in [9.17, 15) is 18.0 Å². The molecule has 1 aliphatic carbocycles. The van der Waals surface area contributed by atoms with Gasteiger partial charge in [-0.3, -0.25) is 4.79 Å². The summed E-state index contributed by atoms with van der Waals surface area (Å²) in [6.45, 7) is 1.32. The van der Waals surface area contributed by atoms with E-state index in [1.807, 2.05) is 24.3 Å². The number of fused-ring (bicyclic) bond motifs is 1. The summed E-state index contributed by atoms with van der Waals surface area (Å²) < 4.78 is 42.8. The van der Waals surface area contributed by atoms with Crippen LogP contribution in [-0.4, -0.2) is 17.1 Å². The van der Waals surface area contributed by atoms with Gasteiger partial charge in [-0.2, -0.15) is 13.2 Å². The lowest BCUT2D eigenvalue weighted by molar-refractivity contribution is -0.155. The van der Waals surface area contributed by atoms with Gasteiger partial charge in [-0.1, -0.05) is 29.4 Å². The van der Waals surface area contributed by atoms with Gasteiger partial charge in [-0.15, -0.1) is 0 Å². The number of benzene rings is 1. The Morgan fingerprint density at radius 2 is 1.86 bits per heavy atom. The van der Waals surface area contributed by atoms with E-state index in [4.69, 9.17) is 0 Å². The van der Waals surface area contributed by atoms with E-state index in [0.717, 1.165) is 11.1 Å². The molecule has 0 bridgehead atoms. The van der Waals surface area contributed by atoms with E-state index in [2.05, 4.69) is 15.0 Å². The summed E-state index contributed by atoms with van der Waals surface area (Å²) in [5.74, 6) is -2.15. The molecule has 0 saturated heterocycles. The second-order valence-electron chi connectivity index (χ2n) is 5.32. The normalized spacial score (nSPS) is 14.9. The fourth-order valence-electron chi connectivity index (χ4n) is 2.75. The molecule has 0 spiro atoms. The van der Waals surface area contributed by atoms with Gasteiger partial charge in [0.15, 0.2) is 0 Å². The minimum atomic E-state index is -4.74. The average Bonchev–Trinajstić information content (AvgIpc) is 3.00. The molecule has 0 atom stereocenters. The number of nitrogens with zero attached hydrogens (tertiary/aromatic N) is 1. The van der Waals surface area contributed by atoms with Crippen molar-refractivity contribution >= 4 is 5.91 Å². The van der Waals surface area contributed by atoms with Crippen molar-refractivity contribution < 1.29 is 22.5 Å². The monoisotopic (exact) mass is 310 g/mol. The number of amides is 1. The highest BCUT2D eigenvalue weighted by Crippen LogP contribution is 2.33. The summed E-state index contributed by atoms with van der Waals surface area (Å²) in [5.41, 5.74) is 1.60. The highest BCUT2D eigenvalue weighted by molar-refractivity contribution is 5.96. The van der Waals surface area contributed by atoms with Gasteiger partial charge in [0.05, 0.1) is 5.69 Å². The van der Waals surface area contributed by atoms with Crippen LogP contribution in [0.2, 0.25) is 0 Å². The van der Waals surface area contributed by atoms with Crippen LogP contribution in [0.1, 0.15) is 32.9 Å². The molecular weight excluding hydrogens is 297 g/mol. The maximum Gasteiger partial charge on any atom is 0.453 e. The predicted molar refractivity (Wildman–Crippen MR) is 71.3 cm³/mol. The summed E-state index contributed by atoms with van der Waals surface area (Å²) in [6, 6.07) is 7.48. The molecule has 1 heterocycles. The fraction of sp³-hybridized carbons (Fsp3) is 0.333. The summed E-state index contributed by atoms with van der Waals surface area (Å²) in [5, 5.41) is 5.90. The van der Waals surface area contributed by atoms with Crippen LogP contribution in [0.25, 0.3) is 0 Å². The first kappa shape index (κ1) is 14.6. The van der Waals surface area contributed by atoms with Crippen molar-refractivity contribution in [2.45, 2.75) is 32.0 Å². The molecule has 7 heteroatoms. The number of rotatable bonds is 2. The van der Waals surface area contributed by atoms with Crippen LogP contribution in [0.15, 0.2) is 28.8 Å². The van der Waals surface area contributed by atoms with Crippen molar-refractivity contribution in [3.05, 3.63) is 52.4 Å². The molecule has 0 unspecified atom stereocenters. The molecule has 1 amide bonds. The molecule has 1 aliphatic rings. The van der Waals surface area contributed by atoms with Gasteiger partial charge < -0.3 is 9.84 Å². The van der Waals surface area contributed by atoms with Gasteiger partial charge in [-0.25, -0.2) is 0 Å². The van der Waals surface area contributed by atoms with Crippen LogP contribution < -0.4 is 5.32 Å². The second-order valence-corrected chi connectivity index (χ2v) is 5.32. The number of carbonyl (C=O) groups excluding carboxylic acids is 1. The van der Waals surface area contributed by atoms with Crippen LogP contribution in [0.3, 0.4) is 0 Å². The summed E-state index contributed by atoms with van der Waals surface area (Å²) in [7, 11) is 0. The standard InChI is InChI=1S/C15H13F3N2O2/c1-8-12(13(22-20-8)15(16,17)18)14(21)19-11-6-9-4-2-3-5-10(9)7-11/h2-5,11H,6-7H2,1H3,(H,19,21). The molecule has 0 radical (unpaired) electrons. The SMILES string of the molecule is Cc1noc(C(F)(F)F)c1C(=O)NC1Cc2ccccc2C1. The molecule has 116 valence electrons. The molecule has 0 aliphatic heterocycles. The number of nitrogens with one attached hydrogen (secondary N) is 1. The summed E-state index contributed by atoms with van der Waals surface area (Å²) in [6.07, 6.45) is -3.53. The quantitative estimate of drug-likeness (QED) is 0.928. The zero-order valence-corrected chi connectivity index (χ0v) is 11.7. The Hall–Kier alpha value is -2.31. The van der Waals surface area contributed by atoms with Gasteiger partial charge in [0, 0.05) is 6.04 Å². The molecule has 0 fully saturated rings. The Morgan fingerprint density at radius 1 is 1.27 bits per heavy atom. The molecule has 3 rings (SSSR count). The third kappa shape index (κ3) is 2.58.